The van der Waals surface area contributed by atoms with Crippen molar-refractivity contribution in [1.29, 1.82) is 0 Å². The monoisotopic (exact) mass is 617 g/mol. The number of fused-ring (bicyclic) bond motifs is 5. The van der Waals surface area contributed by atoms with E-state index in [2.05, 4.69) is 26.1 Å². The minimum atomic E-state index is -1.95. The number of ether oxygens (including phenoxy) is 2. The summed E-state index contributed by atoms with van der Waals surface area (Å²) in [5.41, 5.74) is 2.67. The average Bonchev–Trinajstić information content (AvgIpc) is 3.76. The van der Waals surface area contributed by atoms with Crippen molar-refractivity contribution < 1.29 is 28.6 Å². The molecule has 1 fully saturated rings. The maximum Gasteiger partial charge on any atom is 0.343 e. The van der Waals surface area contributed by atoms with Crippen LogP contribution in [-0.2, 0) is 44.2 Å². The molecule has 0 radical (unpaired) electrons. The Kier molecular flexibility index (Phi) is 6.98. The molecular formula is C35H40FN3O6. The molecule has 3 atom stereocenters. The van der Waals surface area contributed by atoms with Gasteiger partial charge >= 0.3 is 5.97 Å². The quantitative estimate of drug-likeness (QED) is 0.284. The minimum Gasteiger partial charge on any atom is -0.458 e. The van der Waals surface area contributed by atoms with E-state index >= 15 is 4.39 Å². The normalized spacial score (nSPS) is 22.5. The molecule has 0 bridgehead atoms. The van der Waals surface area contributed by atoms with Gasteiger partial charge in [-0.25, -0.2) is 14.2 Å². The molecule has 1 aromatic carbocycles. The summed E-state index contributed by atoms with van der Waals surface area (Å²) < 4.78 is 28.2. The van der Waals surface area contributed by atoms with Gasteiger partial charge in [0.1, 0.15) is 18.5 Å². The highest BCUT2D eigenvalue weighted by atomic mass is 19.1. The van der Waals surface area contributed by atoms with Crippen molar-refractivity contribution >= 4 is 22.8 Å². The Labute approximate surface area is 261 Å². The van der Waals surface area contributed by atoms with Crippen molar-refractivity contribution in [2.75, 3.05) is 6.61 Å². The Morgan fingerprint density at radius 3 is 2.67 bits per heavy atom. The Balaban J connectivity index is 1.34. The number of aromatic nitrogens is 2. The van der Waals surface area contributed by atoms with Gasteiger partial charge < -0.3 is 24.5 Å². The number of hydrogen-bond donors (Lipinski definition) is 2. The molecule has 1 saturated carbocycles. The lowest BCUT2D eigenvalue weighted by Gasteiger charge is -2.31. The lowest BCUT2D eigenvalue weighted by atomic mass is 9.81. The maximum atomic E-state index is 15.2. The van der Waals surface area contributed by atoms with E-state index in [0.717, 1.165) is 41.3 Å². The first-order valence-corrected chi connectivity index (χ1v) is 16.1. The number of amides is 1. The predicted molar refractivity (Wildman–Crippen MR) is 165 cm³/mol. The second kappa shape index (κ2) is 10.5. The Morgan fingerprint density at radius 1 is 1.22 bits per heavy atom. The number of nitrogens with one attached hydrogen (secondary N) is 1. The van der Waals surface area contributed by atoms with Gasteiger partial charge in [-0.3, -0.25) is 9.59 Å². The summed E-state index contributed by atoms with van der Waals surface area (Å²) >= 11 is 0. The topological polar surface area (TPSA) is 120 Å². The number of pyridine rings is 2. The Hall–Kier alpha value is -3.63. The minimum absolute atomic E-state index is 0.0346. The van der Waals surface area contributed by atoms with Gasteiger partial charge in [-0.05, 0) is 79.5 Å². The second-order valence-corrected chi connectivity index (χ2v) is 14.4. The summed E-state index contributed by atoms with van der Waals surface area (Å²) in [5, 5.41) is 15.4. The molecule has 9 nitrogen and oxygen atoms in total. The number of aryl methyl sites for hydroxylation is 1. The number of benzene rings is 1. The van der Waals surface area contributed by atoms with Crippen LogP contribution in [0, 0.1) is 24.1 Å². The number of hydrogen-bond acceptors (Lipinski definition) is 7. The highest BCUT2D eigenvalue weighted by molar-refractivity contribution is 5.94. The summed E-state index contributed by atoms with van der Waals surface area (Å²) in [6.45, 7) is 10.3. The van der Waals surface area contributed by atoms with E-state index in [-0.39, 0.29) is 59.3 Å². The fourth-order valence-corrected chi connectivity index (χ4v) is 7.27. The first-order chi connectivity index (χ1) is 21.3. The molecule has 4 aliphatic rings. The molecule has 3 aromatic rings. The third-order valence-corrected chi connectivity index (χ3v) is 10.2. The molecular weight excluding hydrogens is 577 g/mol. The molecule has 2 aromatic heterocycles. The van der Waals surface area contributed by atoms with Gasteiger partial charge in [0.15, 0.2) is 5.60 Å². The van der Waals surface area contributed by atoms with Crippen molar-refractivity contribution in [3.63, 3.8) is 0 Å². The highest BCUT2D eigenvalue weighted by Crippen LogP contribution is 2.46. The number of esters is 1. The maximum absolute atomic E-state index is 15.2. The van der Waals surface area contributed by atoms with E-state index in [1.165, 1.54) is 6.07 Å². The zero-order valence-electron chi connectivity index (χ0n) is 26.5. The SMILES string of the molecule is CC[C@@]1(O)C(=O)OCc2c1cc1n(c2=O)Cc2c-1nc1cc(F)c(C)c3c1c2[C@@H](NC(=O)C(OCCC(C)(C)C)C1CC1)CC3. The van der Waals surface area contributed by atoms with E-state index in [9.17, 15) is 19.5 Å². The average molecular weight is 618 g/mol. The fraction of sp³-hybridized carbons (Fsp3) is 0.543. The highest BCUT2D eigenvalue weighted by Gasteiger charge is 2.46. The largest absolute Gasteiger partial charge is 0.458 e. The molecule has 2 N–H and O–H groups in total. The van der Waals surface area contributed by atoms with E-state index in [0.29, 0.717) is 41.9 Å². The summed E-state index contributed by atoms with van der Waals surface area (Å²) in [4.78, 5) is 45.2. The molecule has 0 saturated heterocycles. The first-order valence-electron chi connectivity index (χ1n) is 16.1. The van der Waals surface area contributed by atoms with E-state index in [1.807, 2.05) is 0 Å². The first kappa shape index (κ1) is 30.0. The van der Waals surface area contributed by atoms with Crippen LogP contribution in [0.4, 0.5) is 4.39 Å². The molecule has 1 unspecified atom stereocenters. The van der Waals surface area contributed by atoms with Crippen LogP contribution >= 0.6 is 0 Å². The van der Waals surface area contributed by atoms with E-state index < -0.39 is 23.7 Å². The number of carbonyl (C=O) groups excluding carboxylic acids is 2. The molecule has 0 spiro atoms. The number of aliphatic hydroxyl groups is 1. The number of cyclic esters (lactones) is 1. The second-order valence-electron chi connectivity index (χ2n) is 14.4. The zero-order valence-corrected chi connectivity index (χ0v) is 26.5. The molecule has 10 heteroatoms. The van der Waals surface area contributed by atoms with Crippen LogP contribution in [-0.4, -0.2) is 39.2 Å². The van der Waals surface area contributed by atoms with Crippen molar-refractivity contribution in [1.82, 2.24) is 14.9 Å². The summed E-state index contributed by atoms with van der Waals surface area (Å²) in [6, 6.07) is 2.69. The van der Waals surface area contributed by atoms with Gasteiger partial charge in [0.05, 0.1) is 35.1 Å². The van der Waals surface area contributed by atoms with Crippen LogP contribution in [0.5, 0.6) is 0 Å². The molecule has 4 heterocycles. The Bertz CT molecular complexity index is 1840. The molecule has 238 valence electrons. The summed E-state index contributed by atoms with van der Waals surface area (Å²) in [7, 11) is 0. The number of carbonyl (C=O) groups is 2. The molecule has 2 aliphatic heterocycles. The van der Waals surface area contributed by atoms with Gasteiger partial charge in [-0.1, -0.05) is 27.7 Å². The van der Waals surface area contributed by atoms with Gasteiger partial charge in [0.25, 0.3) is 5.56 Å². The number of nitrogens with zero attached hydrogens (tertiary/aromatic N) is 2. The van der Waals surface area contributed by atoms with Crippen molar-refractivity contribution in [2.45, 2.75) is 104 Å². The number of rotatable bonds is 7. The van der Waals surface area contributed by atoms with Gasteiger partial charge in [0.2, 0.25) is 5.91 Å². The zero-order chi connectivity index (χ0) is 32.0. The lowest BCUT2D eigenvalue weighted by molar-refractivity contribution is -0.172. The van der Waals surface area contributed by atoms with Gasteiger partial charge in [-0.15, -0.1) is 0 Å². The fourth-order valence-electron chi connectivity index (χ4n) is 7.27. The van der Waals surface area contributed by atoms with Crippen molar-refractivity contribution in [2.24, 2.45) is 11.3 Å². The lowest BCUT2D eigenvalue weighted by Crippen LogP contribution is -2.44. The van der Waals surface area contributed by atoms with Crippen LogP contribution in [0.15, 0.2) is 16.9 Å². The number of halogens is 1. The standard InChI is InChI=1S/C35H40FN3O6/c1-6-35(43)22-13-26-29-20(15-39(26)32(41)21(22)16-45-33(35)42)28-24(10-9-19-17(2)23(36)14-25(37-29)27(19)28)38-31(40)30(18-7-8-18)44-12-11-34(3,4)5/h13-14,18,24,30,43H,6-12,15-16H2,1-5H3,(H,38,40)/t24-,30?,35-/m0/s1. The van der Waals surface area contributed by atoms with E-state index in [4.69, 9.17) is 14.5 Å². The molecule has 1 amide bonds. The smallest absolute Gasteiger partial charge is 0.343 e. The molecule has 7 rings (SSSR count). The van der Waals surface area contributed by atoms with Crippen molar-refractivity contribution in [3.05, 3.63) is 61.7 Å². The third kappa shape index (κ3) is 4.79. The van der Waals surface area contributed by atoms with Crippen molar-refractivity contribution in [3.8, 4) is 11.4 Å². The van der Waals surface area contributed by atoms with Crippen LogP contribution in [0.25, 0.3) is 22.3 Å². The summed E-state index contributed by atoms with van der Waals surface area (Å²) in [5.74, 6) is -1.11. The third-order valence-electron chi connectivity index (χ3n) is 10.2. The summed E-state index contributed by atoms with van der Waals surface area (Å²) in [6.07, 6.45) is 3.37. The predicted octanol–water partition coefficient (Wildman–Crippen LogP) is 4.86. The van der Waals surface area contributed by atoms with E-state index in [1.54, 1.807) is 24.5 Å². The van der Waals surface area contributed by atoms with Crippen LogP contribution in [0.3, 0.4) is 0 Å². The Morgan fingerprint density at radius 2 is 1.98 bits per heavy atom. The van der Waals surface area contributed by atoms with Crippen LogP contribution in [0.2, 0.25) is 0 Å². The molecule has 45 heavy (non-hydrogen) atoms. The van der Waals surface area contributed by atoms with Crippen LogP contribution < -0.4 is 10.9 Å². The van der Waals surface area contributed by atoms with Crippen LogP contribution in [0.1, 0.15) is 99.2 Å². The molecule has 2 aliphatic carbocycles. The van der Waals surface area contributed by atoms with Gasteiger partial charge in [0, 0.05) is 29.2 Å². The van der Waals surface area contributed by atoms with Gasteiger partial charge in [-0.2, -0.15) is 0 Å².